The van der Waals surface area contributed by atoms with E-state index in [0.29, 0.717) is 5.82 Å². The fourth-order valence-corrected chi connectivity index (χ4v) is 1.31. The van der Waals surface area contributed by atoms with Crippen LogP contribution in [0.5, 0.6) is 0 Å². The van der Waals surface area contributed by atoms with Gasteiger partial charge in [0.1, 0.15) is 5.02 Å². The lowest BCUT2D eigenvalue weighted by Crippen LogP contribution is -2.35. The number of carbonyl (C=O) groups is 1. The summed E-state index contributed by atoms with van der Waals surface area (Å²) in [5.74, 6) is 0.196. The maximum absolute atomic E-state index is 11.5. The molecule has 0 saturated heterocycles. The van der Waals surface area contributed by atoms with Crippen molar-refractivity contribution in [3.63, 3.8) is 0 Å². The summed E-state index contributed by atoms with van der Waals surface area (Å²) in [5, 5.41) is -0.0171. The van der Waals surface area contributed by atoms with Crippen molar-refractivity contribution in [1.29, 1.82) is 0 Å². The maximum atomic E-state index is 11.5. The second-order valence-corrected chi connectivity index (χ2v) is 3.89. The summed E-state index contributed by atoms with van der Waals surface area (Å²) < 4.78 is 0. The molecule has 0 aliphatic rings. The molecule has 0 spiro atoms. The summed E-state index contributed by atoms with van der Waals surface area (Å²) in [5.41, 5.74) is -0.421. The van der Waals surface area contributed by atoms with Gasteiger partial charge in [0.25, 0.3) is 5.56 Å². The minimum absolute atomic E-state index is 0.0171. The normalized spacial score (nSPS) is 10.0. The van der Waals surface area contributed by atoms with Crippen molar-refractivity contribution in [1.82, 2.24) is 14.9 Å². The number of halogens is 1. The summed E-state index contributed by atoms with van der Waals surface area (Å²) in [6.07, 6.45) is 1.25. The van der Waals surface area contributed by atoms with Gasteiger partial charge in [0.2, 0.25) is 5.91 Å². The standard InChI is InChI=1S/C9H13ClN4O2/c1-13(2)6(15)4-14(3)8-7(10)9(16)12-5-11-8/h5H,4H2,1-3H3,(H,11,12,16). The average molecular weight is 245 g/mol. The SMILES string of the molecule is CN(C)C(=O)CN(C)c1nc[nH]c(=O)c1Cl. The van der Waals surface area contributed by atoms with E-state index in [9.17, 15) is 9.59 Å². The number of likely N-dealkylation sites (N-methyl/N-ethyl adjacent to an activating group) is 2. The highest BCUT2D eigenvalue weighted by Gasteiger charge is 2.14. The van der Waals surface area contributed by atoms with E-state index in [1.165, 1.54) is 16.1 Å². The van der Waals surface area contributed by atoms with E-state index in [2.05, 4.69) is 9.97 Å². The average Bonchev–Trinajstić information content (AvgIpc) is 2.21. The number of aromatic amines is 1. The van der Waals surface area contributed by atoms with Crippen LogP contribution < -0.4 is 10.5 Å². The number of hydrogen-bond acceptors (Lipinski definition) is 4. The van der Waals surface area contributed by atoms with E-state index < -0.39 is 5.56 Å². The van der Waals surface area contributed by atoms with Gasteiger partial charge in [-0.3, -0.25) is 9.59 Å². The van der Waals surface area contributed by atoms with Crippen molar-refractivity contribution >= 4 is 23.3 Å². The van der Waals surface area contributed by atoms with Gasteiger partial charge in [0.15, 0.2) is 5.82 Å². The summed E-state index contributed by atoms with van der Waals surface area (Å²) >= 11 is 5.78. The molecule has 0 bridgehead atoms. The molecule has 0 aliphatic heterocycles. The highest BCUT2D eigenvalue weighted by Crippen LogP contribution is 2.16. The molecule has 6 nitrogen and oxygen atoms in total. The van der Waals surface area contributed by atoms with Crippen LogP contribution in [0.25, 0.3) is 0 Å². The molecule has 0 aliphatic carbocycles. The zero-order valence-corrected chi connectivity index (χ0v) is 10.1. The second kappa shape index (κ2) is 4.98. The van der Waals surface area contributed by atoms with Crippen LogP contribution in [-0.4, -0.2) is 48.5 Å². The predicted molar refractivity (Wildman–Crippen MR) is 61.8 cm³/mol. The van der Waals surface area contributed by atoms with E-state index >= 15 is 0 Å². The first-order valence-electron chi connectivity index (χ1n) is 4.58. The fourth-order valence-electron chi connectivity index (χ4n) is 1.06. The molecule has 0 saturated carbocycles. The molecule has 0 unspecified atom stereocenters. The molecule has 0 atom stereocenters. The number of H-pyrrole nitrogens is 1. The Morgan fingerprint density at radius 2 is 2.12 bits per heavy atom. The topological polar surface area (TPSA) is 69.3 Å². The number of hydrogen-bond donors (Lipinski definition) is 1. The second-order valence-electron chi connectivity index (χ2n) is 3.51. The molecule has 7 heteroatoms. The number of anilines is 1. The molecule has 1 N–H and O–H groups in total. The number of rotatable bonds is 3. The molecule has 0 fully saturated rings. The first kappa shape index (κ1) is 12.5. The van der Waals surface area contributed by atoms with Crippen molar-refractivity contribution in [2.24, 2.45) is 0 Å². The molecular weight excluding hydrogens is 232 g/mol. The van der Waals surface area contributed by atoms with Crippen LogP contribution >= 0.6 is 11.6 Å². The molecule has 1 aromatic heterocycles. The zero-order chi connectivity index (χ0) is 12.3. The molecule has 1 amide bonds. The lowest BCUT2D eigenvalue weighted by molar-refractivity contribution is -0.127. The molecule has 0 radical (unpaired) electrons. The van der Waals surface area contributed by atoms with Crippen LogP contribution in [-0.2, 0) is 4.79 Å². The van der Waals surface area contributed by atoms with Crippen LogP contribution in [0.1, 0.15) is 0 Å². The van der Waals surface area contributed by atoms with Crippen molar-refractivity contribution in [2.75, 3.05) is 32.6 Å². The molecular formula is C9H13ClN4O2. The van der Waals surface area contributed by atoms with Gasteiger partial charge in [-0.05, 0) is 0 Å². The minimum atomic E-state index is -0.421. The van der Waals surface area contributed by atoms with Gasteiger partial charge in [-0.1, -0.05) is 11.6 Å². The van der Waals surface area contributed by atoms with Gasteiger partial charge in [-0.15, -0.1) is 0 Å². The summed E-state index contributed by atoms with van der Waals surface area (Å²) in [6.45, 7) is 0.114. The van der Waals surface area contributed by atoms with Crippen LogP contribution in [0.4, 0.5) is 5.82 Å². The third-order valence-electron chi connectivity index (χ3n) is 2.01. The monoisotopic (exact) mass is 244 g/mol. The van der Waals surface area contributed by atoms with Crippen molar-refractivity contribution in [3.05, 3.63) is 21.7 Å². The number of nitrogens with zero attached hydrogens (tertiary/aromatic N) is 3. The molecule has 1 rings (SSSR count). The van der Waals surface area contributed by atoms with E-state index in [1.807, 2.05) is 0 Å². The Kier molecular flexibility index (Phi) is 3.89. The maximum Gasteiger partial charge on any atom is 0.271 e. The first-order chi connectivity index (χ1) is 7.43. The lowest BCUT2D eigenvalue weighted by Gasteiger charge is -2.20. The predicted octanol–water partition coefficient (Wildman–Crippen LogP) is -0.0523. The van der Waals surface area contributed by atoms with Crippen LogP contribution in [0.3, 0.4) is 0 Å². The Balaban J connectivity index is 2.89. The Labute approximate surface area is 97.8 Å². The zero-order valence-electron chi connectivity index (χ0n) is 9.32. The van der Waals surface area contributed by atoms with E-state index in [0.717, 1.165) is 0 Å². The largest absolute Gasteiger partial charge is 0.349 e. The van der Waals surface area contributed by atoms with Crippen molar-refractivity contribution in [2.45, 2.75) is 0 Å². The van der Waals surface area contributed by atoms with E-state index in [4.69, 9.17) is 11.6 Å². The molecule has 1 aromatic rings. The van der Waals surface area contributed by atoms with E-state index in [-0.39, 0.29) is 17.5 Å². The Hall–Kier alpha value is -1.56. The Bertz CT molecular complexity index is 443. The highest BCUT2D eigenvalue weighted by atomic mass is 35.5. The van der Waals surface area contributed by atoms with Crippen molar-refractivity contribution < 1.29 is 4.79 Å². The van der Waals surface area contributed by atoms with Crippen LogP contribution in [0.15, 0.2) is 11.1 Å². The molecule has 0 aromatic carbocycles. The van der Waals surface area contributed by atoms with Gasteiger partial charge >= 0.3 is 0 Å². The summed E-state index contributed by atoms with van der Waals surface area (Å²) in [6, 6.07) is 0. The third kappa shape index (κ3) is 2.73. The number of carbonyl (C=O) groups excluding carboxylic acids is 1. The third-order valence-corrected chi connectivity index (χ3v) is 2.35. The smallest absolute Gasteiger partial charge is 0.271 e. The minimum Gasteiger partial charge on any atom is -0.349 e. The number of aromatic nitrogens is 2. The van der Waals surface area contributed by atoms with Gasteiger partial charge in [0, 0.05) is 21.1 Å². The quantitative estimate of drug-likeness (QED) is 0.809. The Morgan fingerprint density at radius 1 is 1.50 bits per heavy atom. The number of amides is 1. The van der Waals surface area contributed by atoms with E-state index in [1.54, 1.807) is 21.1 Å². The molecule has 1 heterocycles. The lowest BCUT2D eigenvalue weighted by atomic mass is 10.4. The van der Waals surface area contributed by atoms with Crippen LogP contribution in [0.2, 0.25) is 5.02 Å². The van der Waals surface area contributed by atoms with Gasteiger partial charge < -0.3 is 14.8 Å². The summed E-state index contributed by atoms with van der Waals surface area (Å²) in [4.78, 5) is 31.9. The van der Waals surface area contributed by atoms with Crippen LogP contribution in [0, 0.1) is 0 Å². The summed E-state index contributed by atoms with van der Waals surface area (Å²) in [7, 11) is 4.96. The molecule has 16 heavy (non-hydrogen) atoms. The van der Waals surface area contributed by atoms with Crippen molar-refractivity contribution in [3.8, 4) is 0 Å². The van der Waals surface area contributed by atoms with Gasteiger partial charge in [0.05, 0.1) is 12.9 Å². The fraction of sp³-hybridized carbons (Fsp3) is 0.444. The highest BCUT2D eigenvalue weighted by molar-refractivity contribution is 6.32. The molecule has 88 valence electrons. The van der Waals surface area contributed by atoms with Gasteiger partial charge in [-0.2, -0.15) is 0 Å². The Morgan fingerprint density at radius 3 is 2.69 bits per heavy atom. The first-order valence-corrected chi connectivity index (χ1v) is 4.95. The number of nitrogens with one attached hydrogen (secondary N) is 1. The van der Waals surface area contributed by atoms with Gasteiger partial charge in [-0.25, -0.2) is 4.98 Å².